The average molecular weight is 629 g/mol. The van der Waals surface area contributed by atoms with E-state index in [1.165, 1.54) is 7.11 Å². The van der Waals surface area contributed by atoms with E-state index in [2.05, 4.69) is 4.74 Å². The molecule has 0 saturated heterocycles. The van der Waals surface area contributed by atoms with E-state index < -0.39 is 71.5 Å². The Balaban J connectivity index is 2.21. The molecule has 234 valence electrons. The summed E-state index contributed by atoms with van der Waals surface area (Å²) in [5.41, 5.74) is -6.39. The smallest absolute Gasteiger partial charge is 0.416 e. The molecule has 0 aromatic heterocycles. The molecule has 0 aliphatic rings. The minimum atomic E-state index is -5.21. The molecule has 0 bridgehead atoms. The first kappa shape index (κ1) is 33.5. The Labute approximate surface area is 237 Å². The molecular formula is C28H22F11NO3. The summed E-state index contributed by atoms with van der Waals surface area (Å²) in [5, 5.41) is 0. The molecule has 3 rings (SSSR count). The van der Waals surface area contributed by atoms with Gasteiger partial charge in [0, 0.05) is 31.1 Å². The second-order valence-electron chi connectivity index (χ2n) is 9.41. The molecular weight excluding hydrogens is 607 g/mol. The van der Waals surface area contributed by atoms with Gasteiger partial charge >= 0.3 is 24.6 Å². The zero-order valence-electron chi connectivity index (χ0n) is 22.4. The minimum Gasteiger partial charge on any atom is -0.496 e. The van der Waals surface area contributed by atoms with E-state index in [1.54, 1.807) is 0 Å². The van der Waals surface area contributed by atoms with Gasteiger partial charge in [0.1, 0.15) is 5.75 Å². The van der Waals surface area contributed by atoms with Crippen molar-refractivity contribution in [2.24, 2.45) is 0 Å². The lowest BCUT2D eigenvalue weighted by molar-refractivity contribution is -0.143. The molecule has 0 aliphatic heterocycles. The van der Waals surface area contributed by atoms with Crippen LogP contribution in [0.5, 0.6) is 5.75 Å². The summed E-state index contributed by atoms with van der Waals surface area (Å²) in [5.74, 6) is -3.43. The van der Waals surface area contributed by atoms with Crippen molar-refractivity contribution >= 4 is 6.09 Å². The Kier molecular flexibility index (Phi) is 9.27. The number of methoxy groups -OCH3 is 2. The molecule has 4 nitrogen and oxygen atoms in total. The molecule has 0 aliphatic carbocycles. The fourth-order valence-electron chi connectivity index (χ4n) is 4.21. The van der Waals surface area contributed by atoms with Crippen LogP contribution < -0.4 is 4.74 Å². The van der Waals surface area contributed by atoms with E-state index in [-0.39, 0.29) is 28.5 Å². The van der Waals surface area contributed by atoms with Crippen molar-refractivity contribution in [2.45, 2.75) is 44.5 Å². The largest absolute Gasteiger partial charge is 0.496 e. The summed E-state index contributed by atoms with van der Waals surface area (Å²) in [6.45, 7) is -1.23. The van der Waals surface area contributed by atoms with Crippen molar-refractivity contribution in [1.29, 1.82) is 0 Å². The summed E-state index contributed by atoms with van der Waals surface area (Å²) in [4.78, 5) is 13.2. The van der Waals surface area contributed by atoms with E-state index >= 15 is 0 Å². The van der Waals surface area contributed by atoms with Crippen LogP contribution in [0.3, 0.4) is 0 Å². The Morgan fingerprint density at radius 1 is 0.651 bits per heavy atom. The lowest BCUT2D eigenvalue weighted by atomic mass is 9.93. The summed E-state index contributed by atoms with van der Waals surface area (Å²) in [6.07, 6.45) is -16.6. The molecule has 43 heavy (non-hydrogen) atoms. The number of carbonyl (C=O) groups is 1. The highest BCUT2D eigenvalue weighted by Crippen LogP contribution is 2.41. The number of alkyl halides is 11. The number of ether oxygens (including phenoxy) is 2. The predicted octanol–water partition coefficient (Wildman–Crippen LogP) is 9.30. The fourth-order valence-corrected chi connectivity index (χ4v) is 4.21. The lowest BCUT2D eigenvalue weighted by Crippen LogP contribution is -2.30. The molecule has 0 unspecified atom stereocenters. The van der Waals surface area contributed by atoms with E-state index in [4.69, 9.17) is 4.74 Å². The molecule has 15 heteroatoms. The van der Waals surface area contributed by atoms with Crippen LogP contribution in [-0.2, 0) is 42.3 Å². The number of halogens is 11. The molecule has 0 fully saturated rings. The van der Waals surface area contributed by atoms with Crippen molar-refractivity contribution in [1.82, 2.24) is 4.90 Å². The standard InChI is InChI=1S/C28H22F11NO3/c1-25(29,30)17-5-7-23(42-2)22(12-17)21-6-4-18(26(31,32)33)10-16(21)14-40(24(41)43-3)13-15-8-19(27(34,35)36)11-20(9-15)28(37,38)39/h4-12H,13-14H2,1-3H3. The van der Waals surface area contributed by atoms with Crippen molar-refractivity contribution < 1.29 is 62.6 Å². The zero-order valence-corrected chi connectivity index (χ0v) is 22.4. The normalized spacial score (nSPS) is 12.7. The second kappa shape index (κ2) is 11.9. The van der Waals surface area contributed by atoms with Crippen molar-refractivity contribution in [3.05, 3.63) is 88.0 Å². The maximum Gasteiger partial charge on any atom is 0.416 e. The van der Waals surface area contributed by atoms with Crippen LogP contribution in [0.15, 0.2) is 54.6 Å². The third-order valence-electron chi connectivity index (χ3n) is 6.24. The van der Waals surface area contributed by atoms with Gasteiger partial charge in [-0.05, 0) is 65.2 Å². The van der Waals surface area contributed by atoms with Gasteiger partial charge in [-0.25, -0.2) is 13.6 Å². The van der Waals surface area contributed by atoms with Crippen LogP contribution >= 0.6 is 0 Å². The first-order valence-electron chi connectivity index (χ1n) is 12.0. The van der Waals surface area contributed by atoms with Gasteiger partial charge in [-0.15, -0.1) is 0 Å². The highest BCUT2D eigenvalue weighted by Gasteiger charge is 2.37. The first-order valence-corrected chi connectivity index (χ1v) is 12.0. The van der Waals surface area contributed by atoms with Gasteiger partial charge in [0.2, 0.25) is 0 Å². The van der Waals surface area contributed by atoms with E-state index in [0.717, 1.165) is 31.4 Å². The number of carbonyl (C=O) groups excluding carboxylic acids is 1. The molecule has 3 aromatic carbocycles. The minimum absolute atomic E-state index is 0.0497. The molecule has 0 spiro atoms. The third kappa shape index (κ3) is 8.08. The van der Waals surface area contributed by atoms with Crippen LogP contribution in [0.1, 0.15) is 40.3 Å². The number of hydrogen-bond acceptors (Lipinski definition) is 3. The third-order valence-corrected chi connectivity index (χ3v) is 6.24. The Morgan fingerprint density at radius 2 is 1.19 bits per heavy atom. The Bertz CT molecular complexity index is 1440. The van der Waals surface area contributed by atoms with Crippen LogP contribution in [0.4, 0.5) is 53.1 Å². The van der Waals surface area contributed by atoms with Crippen LogP contribution in [0.2, 0.25) is 0 Å². The van der Waals surface area contributed by atoms with E-state index in [0.29, 0.717) is 36.1 Å². The number of hydrogen-bond donors (Lipinski definition) is 0. The van der Waals surface area contributed by atoms with Gasteiger partial charge in [-0.2, -0.15) is 39.5 Å². The van der Waals surface area contributed by atoms with Gasteiger partial charge in [-0.1, -0.05) is 6.07 Å². The molecule has 0 heterocycles. The maximum absolute atomic E-state index is 14.1. The summed E-state index contributed by atoms with van der Waals surface area (Å²) >= 11 is 0. The molecule has 0 radical (unpaired) electrons. The van der Waals surface area contributed by atoms with Gasteiger partial charge in [-0.3, -0.25) is 4.90 Å². The number of benzene rings is 3. The van der Waals surface area contributed by atoms with Gasteiger partial charge in [0.25, 0.3) is 5.92 Å². The fraction of sp³-hybridized carbons (Fsp3) is 0.321. The quantitative estimate of drug-likeness (QED) is 0.245. The number of nitrogens with zero attached hydrogens (tertiary/aromatic N) is 1. The lowest BCUT2D eigenvalue weighted by Gasteiger charge is -2.25. The van der Waals surface area contributed by atoms with Gasteiger partial charge in [0.15, 0.2) is 0 Å². The molecule has 0 N–H and O–H groups in total. The first-order chi connectivity index (χ1) is 19.6. The van der Waals surface area contributed by atoms with E-state index in [1.807, 2.05) is 0 Å². The van der Waals surface area contributed by atoms with Crippen molar-refractivity contribution in [3.8, 4) is 16.9 Å². The highest BCUT2D eigenvalue weighted by molar-refractivity contribution is 5.76. The van der Waals surface area contributed by atoms with Crippen LogP contribution in [-0.4, -0.2) is 25.2 Å². The predicted molar refractivity (Wildman–Crippen MR) is 131 cm³/mol. The van der Waals surface area contributed by atoms with Gasteiger partial charge < -0.3 is 9.47 Å². The Morgan fingerprint density at radius 3 is 1.65 bits per heavy atom. The molecule has 0 saturated carbocycles. The average Bonchev–Trinajstić information content (AvgIpc) is 2.89. The summed E-state index contributed by atoms with van der Waals surface area (Å²) in [7, 11) is 2.00. The molecule has 1 amide bonds. The summed E-state index contributed by atoms with van der Waals surface area (Å²) < 4.78 is 159. The number of rotatable bonds is 7. The monoisotopic (exact) mass is 629 g/mol. The highest BCUT2D eigenvalue weighted by atomic mass is 19.4. The van der Waals surface area contributed by atoms with Crippen LogP contribution in [0, 0.1) is 0 Å². The summed E-state index contributed by atoms with van der Waals surface area (Å²) in [6, 6.07) is 5.85. The Hall–Kier alpha value is -4.04. The van der Waals surface area contributed by atoms with Crippen LogP contribution in [0.25, 0.3) is 11.1 Å². The topological polar surface area (TPSA) is 38.8 Å². The zero-order chi connectivity index (χ0) is 32.5. The van der Waals surface area contributed by atoms with E-state index in [9.17, 15) is 53.1 Å². The SMILES string of the molecule is COC(=O)N(Cc1cc(C(F)(F)F)cc(C(F)(F)F)c1)Cc1cc(C(F)(F)F)ccc1-c1cc(C(C)(F)F)ccc1OC. The van der Waals surface area contributed by atoms with Crippen molar-refractivity contribution in [3.63, 3.8) is 0 Å². The van der Waals surface area contributed by atoms with Crippen molar-refractivity contribution in [2.75, 3.05) is 14.2 Å². The maximum atomic E-state index is 14.1. The van der Waals surface area contributed by atoms with Gasteiger partial charge in [0.05, 0.1) is 30.9 Å². The molecule has 3 aromatic rings. The molecule has 0 atom stereocenters. The number of amides is 1. The second-order valence-corrected chi connectivity index (χ2v) is 9.41.